The summed E-state index contributed by atoms with van der Waals surface area (Å²) in [6, 6.07) is 9.06. The first-order valence-electron chi connectivity index (χ1n) is 6.92. The van der Waals surface area contributed by atoms with Crippen molar-refractivity contribution in [3.63, 3.8) is 0 Å². The molecule has 0 saturated carbocycles. The average molecular weight is 308 g/mol. The number of anilines is 1. The molecule has 2 rings (SSSR count). The topological polar surface area (TPSA) is 78.1 Å². The molecule has 1 aromatic carbocycles. The Hall–Kier alpha value is -1.86. The summed E-state index contributed by atoms with van der Waals surface area (Å²) in [5.41, 5.74) is 1.29. The largest absolute Gasteiger partial charge is 0.313 e. The fourth-order valence-electron chi connectivity index (χ4n) is 2.10. The Kier molecular flexibility index (Phi) is 4.98. The van der Waals surface area contributed by atoms with E-state index in [2.05, 4.69) is 15.5 Å². The maximum atomic E-state index is 12.8. The maximum absolute atomic E-state index is 12.8. The van der Waals surface area contributed by atoms with Gasteiger partial charge in [0.1, 0.15) is 0 Å². The molecular weight excluding hydrogens is 288 g/mol. The van der Waals surface area contributed by atoms with Gasteiger partial charge in [0.05, 0.1) is 11.9 Å². The van der Waals surface area contributed by atoms with Gasteiger partial charge in [-0.1, -0.05) is 25.1 Å². The van der Waals surface area contributed by atoms with Gasteiger partial charge in [-0.05, 0) is 25.6 Å². The van der Waals surface area contributed by atoms with Crippen LogP contribution in [0.1, 0.15) is 19.4 Å². The van der Waals surface area contributed by atoms with Gasteiger partial charge < -0.3 is 5.32 Å². The van der Waals surface area contributed by atoms with Gasteiger partial charge in [-0.25, -0.2) is 0 Å². The highest BCUT2D eigenvalue weighted by atomic mass is 32.2. The molecule has 0 saturated heterocycles. The molecule has 1 aromatic heterocycles. The minimum atomic E-state index is -3.65. The summed E-state index contributed by atoms with van der Waals surface area (Å²) < 4.78 is 27.0. The number of sulfonamides is 1. The summed E-state index contributed by atoms with van der Waals surface area (Å²) in [6.07, 6.45) is 1.55. The highest BCUT2D eigenvalue weighted by Crippen LogP contribution is 2.23. The third kappa shape index (κ3) is 3.25. The summed E-state index contributed by atoms with van der Waals surface area (Å²) in [5.74, 6) is 0. The number of aromatic amines is 1. The van der Waals surface area contributed by atoms with E-state index in [9.17, 15) is 8.42 Å². The van der Waals surface area contributed by atoms with Crippen molar-refractivity contribution in [3.8, 4) is 0 Å². The summed E-state index contributed by atoms with van der Waals surface area (Å²) in [7, 11) is -3.65. The molecule has 0 bridgehead atoms. The molecule has 2 aromatic rings. The molecule has 7 heteroatoms. The predicted molar refractivity (Wildman–Crippen MR) is 82.6 cm³/mol. The molecule has 0 aliphatic carbocycles. The fraction of sp³-hybridized carbons (Fsp3) is 0.357. The van der Waals surface area contributed by atoms with Crippen LogP contribution in [-0.2, 0) is 16.6 Å². The first-order chi connectivity index (χ1) is 10.1. The fourth-order valence-corrected chi connectivity index (χ4v) is 3.69. The molecule has 21 heavy (non-hydrogen) atoms. The lowest BCUT2D eigenvalue weighted by Gasteiger charge is -2.22. The summed E-state index contributed by atoms with van der Waals surface area (Å²) in [5, 5.41) is 9.76. The van der Waals surface area contributed by atoms with Crippen molar-refractivity contribution in [2.45, 2.75) is 25.4 Å². The highest BCUT2D eigenvalue weighted by Gasteiger charge is 2.27. The van der Waals surface area contributed by atoms with Crippen LogP contribution >= 0.6 is 0 Å². The van der Waals surface area contributed by atoms with E-state index < -0.39 is 10.0 Å². The molecule has 0 unspecified atom stereocenters. The van der Waals surface area contributed by atoms with Crippen molar-refractivity contribution in [2.24, 2.45) is 0 Å². The number of benzene rings is 1. The first kappa shape index (κ1) is 15.5. The molecule has 6 nitrogen and oxygen atoms in total. The van der Waals surface area contributed by atoms with Gasteiger partial charge in [0.25, 0.3) is 10.0 Å². The van der Waals surface area contributed by atoms with Crippen LogP contribution in [0.5, 0.6) is 0 Å². The number of nitrogens with zero attached hydrogens (tertiary/aromatic N) is 2. The monoisotopic (exact) mass is 308 g/mol. The Bertz CT molecular complexity index is 667. The minimum Gasteiger partial charge on any atom is -0.313 e. The lowest BCUT2D eigenvalue weighted by atomic mass is 10.3. The molecular formula is C14H20N4O2S. The number of H-pyrrole nitrogens is 1. The third-order valence-corrected chi connectivity index (χ3v) is 5.04. The van der Waals surface area contributed by atoms with Crippen LogP contribution in [0.4, 0.5) is 5.69 Å². The van der Waals surface area contributed by atoms with E-state index in [1.54, 1.807) is 18.3 Å². The van der Waals surface area contributed by atoms with Crippen LogP contribution in [0.25, 0.3) is 0 Å². The average Bonchev–Trinajstić information content (AvgIpc) is 2.96. The zero-order valence-electron chi connectivity index (χ0n) is 12.2. The van der Waals surface area contributed by atoms with Gasteiger partial charge in [-0.2, -0.15) is 13.5 Å². The van der Waals surface area contributed by atoms with Gasteiger partial charge in [0, 0.05) is 18.7 Å². The molecule has 0 spiro atoms. The van der Waals surface area contributed by atoms with E-state index in [0.717, 1.165) is 6.54 Å². The van der Waals surface area contributed by atoms with Crippen molar-refractivity contribution in [1.82, 2.24) is 15.5 Å². The van der Waals surface area contributed by atoms with E-state index in [1.165, 1.54) is 4.31 Å². The molecule has 114 valence electrons. The van der Waals surface area contributed by atoms with Gasteiger partial charge in [0.15, 0.2) is 5.03 Å². The molecule has 1 heterocycles. The normalized spacial score (nSPS) is 11.5. The summed E-state index contributed by atoms with van der Waals surface area (Å²) >= 11 is 0. The van der Waals surface area contributed by atoms with E-state index in [1.807, 2.05) is 32.0 Å². The molecule has 0 radical (unpaired) electrons. The Morgan fingerprint density at radius 2 is 1.95 bits per heavy atom. The first-order valence-corrected chi connectivity index (χ1v) is 8.36. The van der Waals surface area contributed by atoms with Crippen molar-refractivity contribution in [2.75, 3.05) is 17.4 Å². The Morgan fingerprint density at radius 3 is 2.57 bits per heavy atom. The minimum absolute atomic E-state index is 0.147. The SMILES string of the molecule is CCNCc1cn[nH]c1S(=O)(=O)N(CC)c1ccccc1. The second kappa shape index (κ2) is 6.73. The van der Waals surface area contributed by atoms with Gasteiger partial charge in [0.2, 0.25) is 0 Å². The molecule has 0 atom stereocenters. The molecule has 0 aliphatic rings. The van der Waals surface area contributed by atoms with Gasteiger partial charge in [-0.3, -0.25) is 9.40 Å². The quantitative estimate of drug-likeness (QED) is 0.816. The Morgan fingerprint density at radius 1 is 1.24 bits per heavy atom. The number of nitrogens with one attached hydrogen (secondary N) is 2. The number of para-hydroxylation sites is 1. The summed E-state index contributed by atoms with van der Waals surface area (Å²) in [4.78, 5) is 0. The second-order valence-corrected chi connectivity index (χ2v) is 6.31. The van der Waals surface area contributed by atoms with Crippen LogP contribution in [0.3, 0.4) is 0 Å². The lowest BCUT2D eigenvalue weighted by Crippen LogP contribution is -2.32. The molecule has 0 fully saturated rings. The van der Waals surface area contributed by atoms with Crippen LogP contribution < -0.4 is 9.62 Å². The molecule has 2 N–H and O–H groups in total. The number of aromatic nitrogens is 2. The van der Waals surface area contributed by atoms with E-state index >= 15 is 0 Å². The van der Waals surface area contributed by atoms with E-state index in [4.69, 9.17) is 0 Å². The van der Waals surface area contributed by atoms with Crippen LogP contribution in [0.15, 0.2) is 41.6 Å². The predicted octanol–water partition coefficient (Wildman–Crippen LogP) is 1.73. The van der Waals surface area contributed by atoms with Gasteiger partial charge in [-0.15, -0.1) is 0 Å². The highest BCUT2D eigenvalue weighted by molar-refractivity contribution is 7.92. The van der Waals surface area contributed by atoms with Gasteiger partial charge >= 0.3 is 0 Å². The Labute approximate surface area is 125 Å². The lowest BCUT2D eigenvalue weighted by molar-refractivity contribution is 0.584. The van der Waals surface area contributed by atoms with Crippen LogP contribution in [0, 0.1) is 0 Å². The zero-order chi connectivity index (χ0) is 15.3. The van der Waals surface area contributed by atoms with Crippen molar-refractivity contribution < 1.29 is 8.42 Å². The molecule has 0 aliphatic heterocycles. The van der Waals surface area contributed by atoms with Crippen molar-refractivity contribution in [3.05, 3.63) is 42.1 Å². The zero-order valence-corrected chi connectivity index (χ0v) is 13.0. The second-order valence-electron chi connectivity index (χ2n) is 4.51. The third-order valence-electron chi connectivity index (χ3n) is 3.12. The molecule has 0 amide bonds. The van der Waals surface area contributed by atoms with Crippen molar-refractivity contribution >= 4 is 15.7 Å². The summed E-state index contributed by atoms with van der Waals surface area (Å²) in [6.45, 7) is 5.36. The van der Waals surface area contributed by atoms with E-state index in [0.29, 0.717) is 24.3 Å². The van der Waals surface area contributed by atoms with Crippen LogP contribution in [0.2, 0.25) is 0 Å². The number of hydrogen-bond acceptors (Lipinski definition) is 4. The van der Waals surface area contributed by atoms with Crippen molar-refractivity contribution in [1.29, 1.82) is 0 Å². The Balaban J connectivity index is 2.39. The maximum Gasteiger partial charge on any atom is 0.281 e. The number of rotatable bonds is 7. The number of hydrogen-bond donors (Lipinski definition) is 2. The van der Waals surface area contributed by atoms with E-state index in [-0.39, 0.29) is 5.03 Å². The van der Waals surface area contributed by atoms with Crippen LogP contribution in [-0.4, -0.2) is 31.7 Å². The smallest absolute Gasteiger partial charge is 0.281 e. The standard InChI is InChI=1S/C14H20N4O2S/c1-3-15-10-12-11-16-17-14(12)21(19,20)18(4-2)13-8-6-5-7-9-13/h5-9,11,15H,3-4,10H2,1-2H3,(H,16,17).